The highest BCUT2D eigenvalue weighted by molar-refractivity contribution is 7.11. The zero-order valence-electron chi connectivity index (χ0n) is 12.0. The molecule has 6 heteroatoms. The molecule has 1 aromatic heterocycles. The fraction of sp³-hybridized carbons (Fsp3) is 0.692. The molecular weight excluding hydrogens is 260 g/mol. The molecule has 0 radical (unpaired) electrons. The van der Waals surface area contributed by atoms with Gasteiger partial charge in [-0.15, -0.1) is 11.3 Å². The number of rotatable bonds is 8. The van der Waals surface area contributed by atoms with E-state index in [0.717, 1.165) is 25.2 Å². The van der Waals surface area contributed by atoms with E-state index in [0.29, 0.717) is 11.0 Å². The molecule has 1 aromatic rings. The Bertz CT molecular complexity index is 394. The summed E-state index contributed by atoms with van der Waals surface area (Å²) in [6.07, 6.45) is 3.49. The van der Waals surface area contributed by atoms with Crippen molar-refractivity contribution in [2.24, 2.45) is 5.84 Å². The molecule has 0 aliphatic rings. The van der Waals surface area contributed by atoms with Crippen molar-refractivity contribution in [3.63, 3.8) is 0 Å². The van der Waals surface area contributed by atoms with E-state index in [2.05, 4.69) is 36.1 Å². The van der Waals surface area contributed by atoms with Gasteiger partial charge in [-0.25, -0.2) is 10.8 Å². The molecule has 0 bridgehead atoms. The van der Waals surface area contributed by atoms with Gasteiger partial charge in [0.25, 0.3) is 5.91 Å². The van der Waals surface area contributed by atoms with Gasteiger partial charge in [0.05, 0.1) is 5.69 Å². The number of carbonyl (C=O) groups is 1. The highest BCUT2D eigenvalue weighted by Crippen LogP contribution is 2.15. The molecule has 0 aliphatic carbocycles. The van der Waals surface area contributed by atoms with Gasteiger partial charge in [0, 0.05) is 18.0 Å². The maximum Gasteiger partial charge on any atom is 0.294 e. The number of nitrogens with one attached hydrogen (secondary N) is 1. The van der Waals surface area contributed by atoms with Gasteiger partial charge < -0.3 is 0 Å². The van der Waals surface area contributed by atoms with Crippen LogP contribution >= 0.6 is 11.3 Å². The fourth-order valence-corrected chi connectivity index (χ4v) is 2.54. The molecule has 1 unspecified atom stereocenters. The van der Waals surface area contributed by atoms with Gasteiger partial charge in [-0.3, -0.25) is 15.1 Å². The van der Waals surface area contributed by atoms with E-state index in [1.165, 1.54) is 24.2 Å². The minimum atomic E-state index is -0.320. The lowest BCUT2D eigenvalue weighted by atomic mass is 10.2. The lowest BCUT2D eigenvalue weighted by molar-refractivity contribution is 0.0953. The Morgan fingerprint density at radius 3 is 2.89 bits per heavy atom. The Morgan fingerprint density at radius 1 is 1.58 bits per heavy atom. The normalized spacial score (nSPS) is 12.7. The van der Waals surface area contributed by atoms with Crippen molar-refractivity contribution in [1.29, 1.82) is 0 Å². The van der Waals surface area contributed by atoms with Gasteiger partial charge in [-0.2, -0.15) is 0 Å². The first-order valence-corrected chi connectivity index (χ1v) is 7.69. The molecule has 0 saturated heterocycles. The second-order valence-corrected chi connectivity index (χ2v) is 5.56. The molecule has 1 amide bonds. The van der Waals surface area contributed by atoms with Gasteiger partial charge in [0.15, 0.2) is 5.01 Å². The molecular formula is C13H24N4OS. The van der Waals surface area contributed by atoms with Gasteiger partial charge >= 0.3 is 0 Å². The van der Waals surface area contributed by atoms with E-state index in [-0.39, 0.29) is 5.91 Å². The minimum absolute atomic E-state index is 0.320. The average molecular weight is 284 g/mol. The number of hydrogen-bond acceptors (Lipinski definition) is 5. The van der Waals surface area contributed by atoms with Crippen molar-refractivity contribution in [3.05, 3.63) is 16.1 Å². The number of nitrogen functional groups attached to an aromatic ring is 1. The van der Waals surface area contributed by atoms with Crippen LogP contribution in [-0.4, -0.2) is 28.4 Å². The average Bonchev–Trinajstić information content (AvgIpc) is 2.90. The molecule has 0 saturated carbocycles. The molecule has 0 aromatic carbocycles. The quantitative estimate of drug-likeness (QED) is 0.436. The highest BCUT2D eigenvalue weighted by Gasteiger charge is 2.15. The van der Waals surface area contributed by atoms with E-state index in [1.54, 1.807) is 0 Å². The summed E-state index contributed by atoms with van der Waals surface area (Å²) in [5.74, 6) is 4.79. The number of unbranched alkanes of at least 4 members (excludes halogenated alkanes) is 1. The van der Waals surface area contributed by atoms with Gasteiger partial charge in [0.2, 0.25) is 0 Å². The van der Waals surface area contributed by atoms with Crippen LogP contribution < -0.4 is 11.3 Å². The number of carbonyl (C=O) groups excluding carboxylic acids is 1. The highest BCUT2D eigenvalue weighted by atomic mass is 32.1. The zero-order chi connectivity index (χ0) is 14.3. The first kappa shape index (κ1) is 16.1. The van der Waals surface area contributed by atoms with Crippen molar-refractivity contribution in [2.45, 2.75) is 52.6 Å². The Morgan fingerprint density at radius 2 is 2.32 bits per heavy atom. The van der Waals surface area contributed by atoms with E-state index in [4.69, 9.17) is 5.84 Å². The van der Waals surface area contributed by atoms with Crippen molar-refractivity contribution >= 4 is 17.2 Å². The SMILES string of the molecule is CCCCN(Cc1csc(C(=O)NN)n1)C(C)CC. The lowest BCUT2D eigenvalue weighted by Crippen LogP contribution is -2.33. The second-order valence-electron chi connectivity index (χ2n) is 4.70. The summed E-state index contributed by atoms with van der Waals surface area (Å²) < 4.78 is 0. The minimum Gasteiger partial charge on any atom is -0.295 e. The van der Waals surface area contributed by atoms with Crippen LogP contribution in [0.4, 0.5) is 0 Å². The standard InChI is InChI=1S/C13H24N4OS/c1-4-6-7-17(10(3)5-2)8-11-9-19-13(15-11)12(18)16-14/h9-10H,4-8,14H2,1-3H3,(H,16,18). The Kier molecular flexibility index (Phi) is 6.97. The molecule has 0 spiro atoms. The summed E-state index contributed by atoms with van der Waals surface area (Å²) in [6.45, 7) is 8.49. The van der Waals surface area contributed by atoms with Crippen LogP contribution in [0.3, 0.4) is 0 Å². The number of thiazole rings is 1. The largest absolute Gasteiger partial charge is 0.295 e. The van der Waals surface area contributed by atoms with Crippen molar-refractivity contribution < 1.29 is 4.79 Å². The summed E-state index contributed by atoms with van der Waals surface area (Å²) in [7, 11) is 0. The topological polar surface area (TPSA) is 71.2 Å². The Balaban J connectivity index is 2.67. The Hall–Kier alpha value is -0.980. The maximum atomic E-state index is 11.4. The molecule has 0 fully saturated rings. The molecule has 5 nitrogen and oxygen atoms in total. The third-order valence-corrected chi connectivity index (χ3v) is 4.15. The number of hydrazine groups is 1. The summed E-state index contributed by atoms with van der Waals surface area (Å²) in [4.78, 5) is 18.1. The van der Waals surface area contributed by atoms with E-state index in [9.17, 15) is 4.79 Å². The maximum absolute atomic E-state index is 11.4. The Labute approximate surface area is 119 Å². The molecule has 1 rings (SSSR count). The van der Waals surface area contributed by atoms with E-state index in [1.807, 2.05) is 5.38 Å². The molecule has 1 heterocycles. The van der Waals surface area contributed by atoms with Crippen LogP contribution in [0.15, 0.2) is 5.38 Å². The van der Waals surface area contributed by atoms with Crippen LogP contribution in [0, 0.1) is 0 Å². The summed E-state index contributed by atoms with van der Waals surface area (Å²) in [5, 5.41) is 2.36. The van der Waals surface area contributed by atoms with Gasteiger partial charge in [0.1, 0.15) is 0 Å². The summed E-state index contributed by atoms with van der Waals surface area (Å²) in [5.41, 5.74) is 3.06. The predicted molar refractivity (Wildman–Crippen MR) is 78.8 cm³/mol. The van der Waals surface area contributed by atoms with Crippen molar-refractivity contribution in [1.82, 2.24) is 15.3 Å². The molecule has 1 atom stereocenters. The molecule has 3 N–H and O–H groups in total. The van der Waals surface area contributed by atoms with Gasteiger partial charge in [-0.1, -0.05) is 20.3 Å². The molecule has 0 aliphatic heterocycles. The number of nitrogens with two attached hydrogens (primary N) is 1. The van der Waals surface area contributed by atoms with Crippen LogP contribution in [0.2, 0.25) is 0 Å². The van der Waals surface area contributed by atoms with Crippen LogP contribution in [0.1, 0.15) is 55.5 Å². The van der Waals surface area contributed by atoms with Gasteiger partial charge in [-0.05, 0) is 26.3 Å². The van der Waals surface area contributed by atoms with Crippen molar-refractivity contribution in [2.75, 3.05) is 6.54 Å². The monoisotopic (exact) mass is 284 g/mol. The first-order valence-electron chi connectivity index (χ1n) is 6.81. The number of aromatic nitrogens is 1. The summed E-state index contributed by atoms with van der Waals surface area (Å²) >= 11 is 1.34. The third-order valence-electron chi connectivity index (χ3n) is 3.26. The summed E-state index contributed by atoms with van der Waals surface area (Å²) in [6, 6.07) is 0.528. The number of nitrogens with zero attached hydrogens (tertiary/aromatic N) is 2. The van der Waals surface area contributed by atoms with Crippen LogP contribution in [0.5, 0.6) is 0 Å². The lowest BCUT2D eigenvalue weighted by Gasteiger charge is -2.27. The van der Waals surface area contributed by atoms with Crippen LogP contribution in [-0.2, 0) is 6.54 Å². The van der Waals surface area contributed by atoms with Crippen molar-refractivity contribution in [3.8, 4) is 0 Å². The third kappa shape index (κ3) is 4.89. The van der Waals surface area contributed by atoms with E-state index >= 15 is 0 Å². The number of hydrogen-bond donors (Lipinski definition) is 2. The number of amides is 1. The predicted octanol–water partition coefficient (Wildman–Crippen LogP) is 2.15. The van der Waals surface area contributed by atoms with E-state index < -0.39 is 0 Å². The molecule has 19 heavy (non-hydrogen) atoms. The first-order chi connectivity index (χ1) is 9.12. The smallest absolute Gasteiger partial charge is 0.294 e. The van der Waals surface area contributed by atoms with Crippen LogP contribution in [0.25, 0.3) is 0 Å². The zero-order valence-corrected chi connectivity index (χ0v) is 12.8. The fourth-order valence-electron chi connectivity index (χ4n) is 1.83. The second kappa shape index (κ2) is 8.24. The molecule has 108 valence electrons.